The van der Waals surface area contributed by atoms with E-state index in [0.717, 1.165) is 6.54 Å². The number of hydrogen-bond acceptors (Lipinski definition) is 4. The summed E-state index contributed by atoms with van der Waals surface area (Å²) in [5.41, 5.74) is 3.13. The Bertz CT molecular complexity index is 743. The SMILES string of the molecule is Cc1ccc(CN(C)C(C)C(=O)Nc2ccc3c(c2)OCCO3)cc1. The van der Waals surface area contributed by atoms with Crippen LogP contribution >= 0.6 is 0 Å². The lowest BCUT2D eigenvalue weighted by Gasteiger charge is -2.24. The van der Waals surface area contributed by atoms with E-state index < -0.39 is 0 Å². The summed E-state index contributed by atoms with van der Waals surface area (Å²) in [4.78, 5) is 14.6. The summed E-state index contributed by atoms with van der Waals surface area (Å²) in [6.07, 6.45) is 0. The zero-order valence-electron chi connectivity index (χ0n) is 14.9. The van der Waals surface area contributed by atoms with Gasteiger partial charge in [0.1, 0.15) is 13.2 Å². The van der Waals surface area contributed by atoms with Crippen LogP contribution in [0.3, 0.4) is 0 Å². The van der Waals surface area contributed by atoms with E-state index in [1.807, 2.05) is 31.0 Å². The van der Waals surface area contributed by atoms with Gasteiger partial charge in [-0.2, -0.15) is 0 Å². The lowest BCUT2D eigenvalue weighted by molar-refractivity contribution is -0.120. The minimum absolute atomic E-state index is 0.0497. The molecule has 0 bridgehead atoms. The van der Waals surface area contributed by atoms with Crippen LogP contribution in [0.25, 0.3) is 0 Å². The summed E-state index contributed by atoms with van der Waals surface area (Å²) in [5, 5.41) is 2.95. The van der Waals surface area contributed by atoms with Gasteiger partial charge in [0.25, 0.3) is 0 Å². The predicted molar refractivity (Wildman–Crippen MR) is 98.2 cm³/mol. The number of rotatable bonds is 5. The van der Waals surface area contributed by atoms with Crippen molar-refractivity contribution in [2.75, 3.05) is 25.6 Å². The number of fused-ring (bicyclic) bond motifs is 1. The third-order valence-electron chi connectivity index (χ3n) is 4.40. The van der Waals surface area contributed by atoms with Crippen molar-refractivity contribution in [3.8, 4) is 11.5 Å². The molecule has 0 saturated heterocycles. The molecule has 1 atom stereocenters. The van der Waals surface area contributed by atoms with E-state index in [4.69, 9.17) is 9.47 Å². The van der Waals surface area contributed by atoms with Crippen LogP contribution in [0.5, 0.6) is 11.5 Å². The highest BCUT2D eigenvalue weighted by Gasteiger charge is 2.19. The van der Waals surface area contributed by atoms with E-state index in [2.05, 4.69) is 36.5 Å². The summed E-state index contributed by atoms with van der Waals surface area (Å²) < 4.78 is 11.1. The molecule has 2 aromatic rings. The van der Waals surface area contributed by atoms with Crippen molar-refractivity contribution >= 4 is 11.6 Å². The van der Waals surface area contributed by atoms with Gasteiger partial charge in [-0.1, -0.05) is 29.8 Å². The van der Waals surface area contributed by atoms with Crippen molar-refractivity contribution < 1.29 is 14.3 Å². The standard InChI is InChI=1S/C20H24N2O3/c1-14-4-6-16(7-5-14)13-22(3)15(2)20(23)21-17-8-9-18-19(12-17)25-11-10-24-18/h4-9,12,15H,10-11,13H2,1-3H3,(H,21,23). The summed E-state index contributed by atoms with van der Waals surface area (Å²) in [7, 11) is 1.95. The summed E-state index contributed by atoms with van der Waals surface area (Å²) in [6, 6.07) is 13.6. The van der Waals surface area contributed by atoms with Gasteiger partial charge in [-0.25, -0.2) is 0 Å². The Kier molecular flexibility index (Phi) is 5.24. The lowest BCUT2D eigenvalue weighted by atomic mass is 10.1. The molecular formula is C20H24N2O3. The number of likely N-dealkylation sites (N-methyl/N-ethyl adjacent to an activating group) is 1. The van der Waals surface area contributed by atoms with Crippen LogP contribution in [0.2, 0.25) is 0 Å². The first-order chi connectivity index (χ1) is 12.0. The normalized spacial score (nSPS) is 14.2. The molecule has 3 rings (SSSR count). The van der Waals surface area contributed by atoms with Crippen molar-refractivity contribution in [1.82, 2.24) is 4.90 Å². The molecule has 0 aliphatic carbocycles. The van der Waals surface area contributed by atoms with E-state index in [-0.39, 0.29) is 11.9 Å². The maximum atomic E-state index is 12.5. The van der Waals surface area contributed by atoms with Gasteiger partial charge in [-0.15, -0.1) is 0 Å². The number of ether oxygens (including phenoxy) is 2. The first-order valence-electron chi connectivity index (χ1n) is 8.49. The molecular weight excluding hydrogens is 316 g/mol. The van der Waals surface area contributed by atoms with E-state index in [9.17, 15) is 4.79 Å². The van der Waals surface area contributed by atoms with Gasteiger partial charge in [0, 0.05) is 18.3 Å². The third kappa shape index (κ3) is 4.31. The highest BCUT2D eigenvalue weighted by molar-refractivity contribution is 5.94. The number of nitrogens with zero attached hydrogens (tertiary/aromatic N) is 1. The zero-order valence-corrected chi connectivity index (χ0v) is 14.9. The maximum absolute atomic E-state index is 12.5. The number of aryl methyl sites for hydroxylation is 1. The number of carbonyl (C=O) groups excluding carboxylic acids is 1. The molecule has 1 amide bonds. The Morgan fingerprint density at radius 3 is 2.52 bits per heavy atom. The van der Waals surface area contributed by atoms with E-state index >= 15 is 0 Å². The Balaban J connectivity index is 1.60. The molecule has 5 heteroatoms. The number of hydrogen-bond donors (Lipinski definition) is 1. The second-order valence-corrected chi connectivity index (χ2v) is 6.42. The van der Waals surface area contributed by atoms with E-state index in [0.29, 0.717) is 30.4 Å². The first-order valence-corrected chi connectivity index (χ1v) is 8.49. The van der Waals surface area contributed by atoms with Crippen molar-refractivity contribution in [2.45, 2.75) is 26.4 Å². The van der Waals surface area contributed by atoms with Crippen LogP contribution in [-0.4, -0.2) is 37.1 Å². The second-order valence-electron chi connectivity index (χ2n) is 6.42. The molecule has 5 nitrogen and oxygen atoms in total. The van der Waals surface area contributed by atoms with Crippen molar-refractivity contribution in [2.24, 2.45) is 0 Å². The molecule has 0 saturated carbocycles. The van der Waals surface area contributed by atoms with Crippen molar-refractivity contribution in [3.63, 3.8) is 0 Å². The molecule has 1 aliphatic rings. The van der Waals surface area contributed by atoms with Crippen LogP contribution in [0.1, 0.15) is 18.1 Å². The molecule has 1 N–H and O–H groups in total. The fraction of sp³-hybridized carbons (Fsp3) is 0.350. The highest BCUT2D eigenvalue weighted by atomic mass is 16.6. The molecule has 2 aromatic carbocycles. The number of anilines is 1. The van der Waals surface area contributed by atoms with E-state index in [1.165, 1.54) is 11.1 Å². The molecule has 0 radical (unpaired) electrons. The van der Waals surface area contributed by atoms with Crippen LogP contribution in [0.15, 0.2) is 42.5 Å². The quantitative estimate of drug-likeness (QED) is 0.908. The van der Waals surface area contributed by atoms with Gasteiger partial charge in [0.15, 0.2) is 11.5 Å². The molecule has 0 fully saturated rings. The smallest absolute Gasteiger partial charge is 0.241 e. The van der Waals surface area contributed by atoms with Gasteiger partial charge < -0.3 is 14.8 Å². The van der Waals surface area contributed by atoms with Crippen LogP contribution in [0, 0.1) is 6.92 Å². The average molecular weight is 340 g/mol. The maximum Gasteiger partial charge on any atom is 0.241 e. The number of amides is 1. The van der Waals surface area contributed by atoms with Crippen molar-refractivity contribution in [1.29, 1.82) is 0 Å². The second kappa shape index (κ2) is 7.57. The molecule has 1 heterocycles. The summed E-state index contributed by atoms with van der Waals surface area (Å²) in [6.45, 7) is 5.77. The lowest BCUT2D eigenvalue weighted by Crippen LogP contribution is -2.39. The minimum atomic E-state index is -0.255. The highest BCUT2D eigenvalue weighted by Crippen LogP contribution is 2.32. The number of benzene rings is 2. The molecule has 25 heavy (non-hydrogen) atoms. The molecule has 0 aromatic heterocycles. The van der Waals surface area contributed by atoms with Crippen LogP contribution < -0.4 is 14.8 Å². The van der Waals surface area contributed by atoms with Gasteiger partial charge in [-0.05, 0) is 38.6 Å². The molecule has 132 valence electrons. The Morgan fingerprint density at radius 2 is 1.80 bits per heavy atom. The van der Waals surface area contributed by atoms with Gasteiger partial charge in [-0.3, -0.25) is 9.69 Å². The average Bonchev–Trinajstić information content (AvgIpc) is 2.62. The molecule has 1 aliphatic heterocycles. The van der Waals surface area contributed by atoms with E-state index in [1.54, 1.807) is 6.07 Å². The zero-order chi connectivity index (χ0) is 17.8. The Labute approximate surface area is 148 Å². The third-order valence-corrected chi connectivity index (χ3v) is 4.40. The largest absolute Gasteiger partial charge is 0.486 e. The first kappa shape index (κ1) is 17.3. The fourth-order valence-electron chi connectivity index (χ4n) is 2.69. The van der Waals surface area contributed by atoms with Crippen LogP contribution in [0.4, 0.5) is 5.69 Å². The Morgan fingerprint density at radius 1 is 1.12 bits per heavy atom. The van der Waals surface area contributed by atoms with Gasteiger partial charge in [0.05, 0.1) is 6.04 Å². The number of nitrogens with one attached hydrogen (secondary N) is 1. The fourth-order valence-corrected chi connectivity index (χ4v) is 2.69. The number of carbonyl (C=O) groups is 1. The molecule has 0 spiro atoms. The summed E-state index contributed by atoms with van der Waals surface area (Å²) in [5.74, 6) is 1.34. The summed E-state index contributed by atoms with van der Waals surface area (Å²) >= 11 is 0. The monoisotopic (exact) mass is 340 g/mol. The molecule has 1 unspecified atom stereocenters. The van der Waals surface area contributed by atoms with Gasteiger partial charge in [0.2, 0.25) is 5.91 Å². The van der Waals surface area contributed by atoms with Gasteiger partial charge >= 0.3 is 0 Å². The minimum Gasteiger partial charge on any atom is -0.486 e. The van der Waals surface area contributed by atoms with Crippen molar-refractivity contribution in [3.05, 3.63) is 53.6 Å². The predicted octanol–water partition coefficient (Wildman–Crippen LogP) is 3.23. The topological polar surface area (TPSA) is 50.8 Å². The Hall–Kier alpha value is -2.53. The van der Waals surface area contributed by atoms with Crippen LogP contribution in [-0.2, 0) is 11.3 Å².